The van der Waals surface area contributed by atoms with Crippen molar-refractivity contribution in [1.82, 2.24) is 9.97 Å². The van der Waals surface area contributed by atoms with Gasteiger partial charge in [0.1, 0.15) is 0 Å². The van der Waals surface area contributed by atoms with Gasteiger partial charge in [0.25, 0.3) is 0 Å². The first-order valence-electron chi connectivity index (χ1n) is 9.33. The Kier molecular flexibility index (Phi) is 6.61. The number of carbonyl (C=O) groups is 2. The van der Waals surface area contributed by atoms with Crippen LogP contribution in [0, 0.1) is 0 Å². The fourth-order valence-electron chi connectivity index (χ4n) is 2.94. The number of fused-ring (bicyclic) bond motifs is 1. The molecule has 0 saturated carbocycles. The molecule has 4 aromatic rings. The molecule has 12 heteroatoms. The van der Waals surface area contributed by atoms with Gasteiger partial charge in [0.15, 0.2) is 9.79 Å². The predicted molar refractivity (Wildman–Crippen MR) is 128 cm³/mol. The molecule has 0 fully saturated rings. The third kappa shape index (κ3) is 5.49. The Morgan fingerprint density at radius 2 is 1.67 bits per heavy atom. The number of benzene rings is 3. The molecular weight excluding hydrogens is 489 g/mol. The highest BCUT2D eigenvalue weighted by molar-refractivity contribution is 7.91. The minimum atomic E-state index is -1.51. The topological polar surface area (TPSA) is 142 Å². The zero-order chi connectivity index (χ0) is 23.5. The zero-order valence-corrected chi connectivity index (χ0v) is 18.9. The molecule has 33 heavy (non-hydrogen) atoms. The Labute approximate surface area is 200 Å². The third-order valence-electron chi connectivity index (χ3n) is 4.40. The summed E-state index contributed by atoms with van der Waals surface area (Å²) in [6.07, 6.45) is -1.24. The van der Waals surface area contributed by atoms with Crippen molar-refractivity contribution in [3.8, 4) is 0 Å². The quantitative estimate of drug-likeness (QED) is 0.219. The van der Waals surface area contributed by atoms with Gasteiger partial charge in [-0.25, -0.2) is 14.6 Å². The van der Waals surface area contributed by atoms with E-state index in [1.54, 1.807) is 54.6 Å². The maximum absolute atomic E-state index is 13.0. The summed E-state index contributed by atoms with van der Waals surface area (Å²) >= 11 is 10.5. The molecule has 0 saturated heterocycles. The normalized spacial score (nSPS) is 11.7. The molecule has 0 bridgehead atoms. The van der Waals surface area contributed by atoms with Crippen molar-refractivity contribution in [1.29, 1.82) is 0 Å². The van der Waals surface area contributed by atoms with Crippen LogP contribution in [0.2, 0.25) is 10.0 Å². The Morgan fingerprint density at radius 3 is 2.39 bits per heavy atom. The van der Waals surface area contributed by atoms with E-state index in [9.17, 15) is 14.1 Å². The van der Waals surface area contributed by atoms with E-state index in [0.29, 0.717) is 42.2 Å². The number of halogens is 2. The van der Waals surface area contributed by atoms with Crippen molar-refractivity contribution in [3.05, 3.63) is 70.7 Å². The molecule has 5 N–H and O–H groups in total. The Morgan fingerprint density at radius 1 is 0.939 bits per heavy atom. The van der Waals surface area contributed by atoms with Crippen LogP contribution >= 0.6 is 23.2 Å². The SMILES string of the molecule is O=C(O)Nc1nc2cc([S+]([O-])c3ccc(NC(=O)Nc4cc(Cl)ccc4Cl)cc3)ccc2[nH]1. The fourth-order valence-corrected chi connectivity index (χ4v) is 4.34. The second-order valence-corrected chi connectivity index (χ2v) is 9.01. The van der Waals surface area contributed by atoms with Crippen molar-refractivity contribution in [2.24, 2.45) is 0 Å². The van der Waals surface area contributed by atoms with Gasteiger partial charge >= 0.3 is 12.1 Å². The van der Waals surface area contributed by atoms with Crippen LogP contribution in [-0.4, -0.2) is 31.8 Å². The number of hydrogen-bond acceptors (Lipinski definition) is 4. The molecule has 0 aliphatic heterocycles. The first kappa shape index (κ1) is 22.7. The number of carboxylic acid groups (broad SMARTS) is 1. The highest BCUT2D eigenvalue weighted by atomic mass is 35.5. The van der Waals surface area contributed by atoms with E-state index in [-0.39, 0.29) is 5.95 Å². The van der Waals surface area contributed by atoms with Gasteiger partial charge in [0, 0.05) is 28.0 Å². The summed E-state index contributed by atoms with van der Waals surface area (Å²) in [5.41, 5.74) is 1.93. The van der Waals surface area contributed by atoms with Gasteiger partial charge in [-0.1, -0.05) is 23.2 Å². The number of rotatable bonds is 5. The van der Waals surface area contributed by atoms with Crippen molar-refractivity contribution >= 4 is 74.9 Å². The maximum Gasteiger partial charge on any atom is 0.411 e. The lowest BCUT2D eigenvalue weighted by atomic mass is 10.3. The van der Waals surface area contributed by atoms with Crippen molar-refractivity contribution in [2.45, 2.75) is 9.79 Å². The van der Waals surface area contributed by atoms with Crippen LogP contribution in [0.5, 0.6) is 0 Å². The van der Waals surface area contributed by atoms with Gasteiger partial charge in [0.2, 0.25) is 5.95 Å². The molecule has 0 aliphatic rings. The van der Waals surface area contributed by atoms with E-state index in [2.05, 4.69) is 25.9 Å². The van der Waals surface area contributed by atoms with Crippen molar-refractivity contribution in [3.63, 3.8) is 0 Å². The van der Waals surface area contributed by atoms with Crippen molar-refractivity contribution in [2.75, 3.05) is 16.0 Å². The fraction of sp³-hybridized carbons (Fsp3) is 0. The number of imidazole rings is 1. The van der Waals surface area contributed by atoms with Gasteiger partial charge in [-0.05, 0) is 54.6 Å². The van der Waals surface area contributed by atoms with Crippen LogP contribution in [0.3, 0.4) is 0 Å². The average Bonchev–Trinajstić information content (AvgIpc) is 3.17. The van der Waals surface area contributed by atoms with E-state index in [1.807, 2.05) is 0 Å². The molecule has 0 aliphatic carbocycles. The maximum atomic E-state index is 13.0. The van der Waals surface area contributed by atoms with Gasteiger partial charge in [-0.2, -0.15) is 0 Å². The van der Waals surface area contributed by atoms with E-state index < -0.39 is 23.3 Å². The zero-order valence-electron chi connectivity index (χ0n) is 16.6. The molecule has 3 aromatic carbocycles. The number of anilines is 3. The highest BCUT2D eigenvalue weighted by Crippen LogP contribution is 2.27. The number of nitrogens with zero attached hydrogens (tertiary/aromatic N) is 1. The summed E-state index contributed by atoms with van der Waals surface area (Å²) < 4.78 is 13.0. The molecule has 1 atom stereocenters. The van der Waals surface area contributed by atoms with Crippen LogP contribution < -0.4 is 16.0 Å². The van der Waals surface area contributed by atoms with E-state index in [0.717, 1.165) is 0 Å². The van der Waals surface area contributed by atoms with Crippen LogP contribution in [-0.2, 0) is 11.2 Å². The number of amides is 3. The minimum absolute atomic E-state index is 0.0770. The predicted octanol–water partition coefficient (Wildman–Crippen LogP) is 5.77. The van der Waals surface area contributed by atoms with Crippen LogP contribution in [0.1, 0.15) is 0 Å². The molecule has 4 rings (SSSR count). The first-order chi connectivity index (χ1) is 15.8. The summed E-state index contributed by atoms with van der Waals surface area (Å²) in [6, 6.07) is 15.7. The van der Waals surface area contributed by atoms with E-state index in [4.69, 9.17) is 28.3 Å². The summed E-state index contributed by atoms with van der Waals surface area (Å²) in [5.74, 6) is 0.0770. The molecule has 1 aromatic heterocycles. The lowest BCUT2D eigenvalue weighted by Crippen LogP contribution is -2.19. The second-order valence-electron chi connectivity index (χ2n) is 6.69. The lowest BCUT2D eigenvalue weighted by molar-refractivity contribution is 0.209. The molecule has 0 spiro atoms. The third-order valence-corrected chi connectivity index (χ3v) is 6.34. The van der Waals surface area contributed by atoms with Gasteiger partial charge in [-0.15, -0.1) is 0 Å². The first-order valence-corrected chi connectivity index (χ1v) is 11.2. The van der Waals surface area contributed by atoms with Gasteiger partial charge in [0.05, 0.1) is 21.7 Å². The molecule has 3 amide bonds. The Balaban J connectivity index is 1.44. The van der Waals surface area contributed by atoms with Crippen LogP contribution in [0.25, 0.3) is 11.0 Å². The number of nitrogens with one attached hydrogen (secondary N) is 4. The van der Waals surface area contributed by atoms with Gasteiger partial charge in [-0.3, -0.25) is 5.32 Å². The highest BCUT2D eigenvalue weighted by Gasteiger charge is 2.17. The molecule has 168 valence electrons. The standard InChI is InChI=1S/C21H15Cl2N5O4S/c22-11-1-7-15(23)17(9-11)27-20(29)24-12-2-4-13(5-3-12)33(32)14-6-8-16-18(10-14)26-19(25-16)28-21(30)31/h1-10H,(H,30,31)(H2,24,27,29)(H2,25,26,28). The van der Waals surface area contributed by atoms with E-state index >= 15 is 0 Å². The Bertz CT molecular complexity index is 1350. The average molecular weight is 504 g/mol. The number of H-pyrrole nitrogens is 1. The number of urea groups is 1. The summed E-state index contributed by atoms with van der Waals surface area (Å²) in [5, 5.41) is 17.0. The molecular formula is C21H15Cl2N5O4S. The smallest absolute Gasteiger partial charge is 0.411 e. The van der Waals surface area contributed by atoms with Gasteiger partial charge < -0.3 is 25.3 Å². The molecule has 0 radical (unpaired) electrons. The molecule has 1 heterocycles. The summed E-state index contributed by atoms with van der Waals surface area (Å²) in [7, 11) is 0. The number of aromatic amines is 1. The Hall–Kier alpha value is -3.44. The number of hydrogen-bond donors (Lipinski definition) is 5. The largest absolute Gasteiger partial charge is 0.606 e. The number of aromatic nitrogens is 2. The second kappa shape index (κ2) is 9.59. The monoisotopic (exact) mass is 503 g/mol. The number of carbonyl (C=O) groups excluding carboxylic acids is 1. The molecule has 1 unspecified atom stereocenters. The summed E-state index contributed by atoms with van der Waals surface area (Å²) in [6.45, 7) is 0. The van der Waals surface area contributed by atoms with Crippen LogP contribution in [0.4, 0.5) is 26.9 Å². The minimum Gasteiger partial charge on any atom is -0.606 e. The molecule has 9 nitrogen and oxygen atoms in total. The van der Waals surface area contributed by atoms with Crippen molar-refractivity contribution < 1.29 is 19.2 Å². The summed E-state index contributed by atoms with van der Waals surface area (Å²) in [4.78, 5) is 31.0. The van der Waals surface area contributed by atoms with E-state index in [1.165, 1.54) is 6.07 Å². The van der Waals surface area contributed by atoms with Crippen LogP contribution in [0.15, 0.2) is 70.5 Å². The lowest BCUT2D eigenvalue weighted by Gasteiger charge is -2.12.